The molecule has 1 aromatic rings. The Labute approximate surface area is 70.1 Å². The summed E-state index contributed by atoms with van der Waals surface area (Å²) in [6.07, 6.45) is 1.65. The highest BCUT2D eigenvalue weighted by atomic mass is 16.5. The van der Waals surface area contributed by atoms with Gasteiger partial charge in [-0.05, 0) is 0 Å². The molecule has 1 aliphatic rings. The molecule has 0 unspecified atom stereocenters. The SMILES string of the molecule is Cn1nc2c(c1C=O)COCC2. The summed E-state index contributed by atoms with van der Waals surface area (Å²) in [6.45, 7) is 1.24. The average molecular weight is 166 g/mol. The Kier molecular flexibility index (Phi) is 1.69. The molecule has 0 fully saturated rings. The first-order valence-electron chi connectivity index (χ1n) is 3.90. The lowest BCUT2D eigenvalue weighted by atomic mass is 10.1. The van der Waals surface area contributed by atoms with Crippen LogP contribution in [0.15, 0.2) is 0 Å². The first-order chi connectivity index (χ1) is 5.83. The number of hydrogen-bond donors (Lipinski definition) is 0. The van der Waals surface area contributed by atoms with Gasteiger partial charge in [-0.2, -0.15) is 5.10 Å². The van der Waals surface area contributed by atoms with Crippen LogP contribution < -0.4 is 0 Å². The number of carbonyl (C=O) groups excluding carboxylic acids is 1. The summed E-state index contributed by atoms with van der Waals surface area (Å²) < 4.78 is 6.86. The Hall–Kier alpha value is -1.16. The molecule has 0 spiro atoms. The van der Waals surface area contributed by atoms with Crippen LogP contribution in [0.25, 0.3) is 0 Å². The number of fused-ring (bicyclic) bond motifs is 1. The van der Waals surface area contributed by atoms with Gasteiger partial charge in [-0.3, -0.25) is 9.48 Å². The van der Waals surface area contributed by atoms with E-state index in [-0.39, 0.29) is 0 Å². The van der Waals surface area contributed by atoms with Gasteiger partial charge in [0.05, 0.1) is 18.9 Å². The number of ether oxygens (including phenoxy) is 1. The molecule has 0 radical (unpaired) electrons. The molecule has 1 aliphatic heterocycles. The van der Waals surface area contributed by atoms with Crippen LogP contribution in [0.2, 0.25) is 0 Å². The second-order valence-corrected chi connectivity index (χ2v) is 2.85. The minimum Gasteiger partial charge on any atom is -0.376 e. The van der Waals surface area contributed by atoms with Crippen LogP contribution in [0.3, 0.4) is 0 Å². The van der Waals surface area contributed by atoms with E-state index in [0.29, 0.717) is 18.9 Å². The van der Waals surface area contributed by atoms with E-state index in [1.54, 1.807) is 11.7 Å². The van der Waals surface area contributed by atoms with E-state index in [4.69, 9.17) is 4.74 Å². The van der Waals surface area contributed by atoms with Crippen molar-refractivity contribution in [2.75, 3.05) is 6.61 Å². The van der Waals surface area contributed by atoms with E-state index in [2.05, 4.69) is 5.10 Å². The van der Waals surface area contributed by atoms with Crippen molar-refractivity contribution in [3.63, 3.8) is 0 Å². The van der Waals surface area contributed by atoms with Crippen LogP contribution in [0.5, 0.6) is 0 Å². The van der Waals surface area contributed by atoms with Gasteiger partial charge in [0, 0.05) is 19.0 Å². The minimum absolute atomic E-state index is 0.525. The van der Waals surface area contributed by atoms with E-state index < -0.39 is 0 Å². The molecule has 1 aromatic heterocycles. The molecule has 0 N–H and O–H groups in total. The standard InChI is InChI=1S/C8H10N2O2/c1-10-8(4-11)6-5-12-3-2-7(6)9-10/h4H,2-3,5H2,1H3. The van der Waals surface area contributed by atoms with Crippen molar-refractivity contribution in [3.8, 4) is 0 Å². The van der Waals surface area contributed by atoms with Crippen LogP contribution >= 0.6 is 0 Å². The molecule has 0 amide bonds. The van der Waals surface area contributed by atoms with Gasteiger partial charge in [-0.25, -0.2) is 0 Å². The monoisotopic (exact) mass is 166 g/mol. The van der Waals surface area contributed by atoms with Gasteiger partial charge in [0.15, 0.2) is 6.29 Å². The molecule has 2 heterocycles. The van der Waals surface area contributed by atoms with Crippen molar-refractivity contribution in [3.05, 3.63) is 17.0 Å². The molecule has 0 aromatic carbocycles. The average Bonchev–Trinajstić information content (AvgIpc) is 2.40. The summed E-state index contributed by atoms with van der Waals surface area (Å²) in [4.78, 5) is 10.6. The normalized spacial score (nSPS) is 15.8. The molecule has 12 heavy (non-hydrogen) atoms. The van der Waals surface area contributed by atoms with E-state index in [9.17, 15) is 4.79 Å². The van der Waals surface area contributed by atoms with E-state index >= 15 is 0 Å². The zero-order chi connectivity index (χ0) is 8.55. The smallest absolute Gasteiger partial charge is 0.168 e. The summed E-state index contributed by atoms with van der Waals surface area (Å²) in [5.41, 5.74) is 2.61. The number of rotatable bonds is 1. The number of carbonyl (C=O) groups is 1. The summed E-state index contributed by atoms with van der Waals surface area (Å²) in [6, 6.07) is 0. The predicted molar refractivity (Wildman–Crippen MR) is 42.0 cm³/mol. The maximum Gasteiger partial charge on any atom is 0.168 e. The van der Waals surface area contributed by atoms with Gasteiger partial charge in [0.25, 0.3) is 0 Å². The second kappa shape index (κ2) is 2.71. The van der Waals surface area contributed by atoms with Crippen LogP contribution in [-0.2, 0) is 24.8 Å². The zero-order valence-corrected chi connectivity index (χ0v) is 6.91. The van der Waals surface area contributed by atoms with Crippen LogP contribution in [-0.4, -0.2) is 22.7 Å². The van der Waals surface area contributed by atoms with Gasteiger partial charge < -0.3 is 4.74 Å². The number of nitrogens with zero attached hydrogens (tertiary/aromatic N) is 2. The Morgan fingerprint density at radius 3 is 3.25 bits per heavy atom. The van der Waals surface area contributed by atoms with Gasteiger partial charge in [-0.1, -0.05) is 0 Å². The van der Waals surface area contributed by atoms with Crippen LogP contribution in [0.1, 0.15) is 21.7 Å². The number of aldehydes is 1. The fraction of sp³-hybridized carbons (Fsp3) is 0.500. The third kappa shape index (κ3) is 0.956. The molecule has 0 atom stereocenters. The number of hydrogen-bond acceptors (Lipinski definition) is 3. The molecule has 2 rings (SSSR count). The topological polar surface area (TPSA) is 44.1 Å². The molecular formula is C8H10N2O2. The summed E-state index contributed by atoms with van der Waals surface area (Å²) in [5.74, 6) is 0. The Balaban J connectivity index is 2.53. The third-order valence-corrected chi connectivity index (χ3v) is 2.12. The lowest BCUT2D eigenvalue weighted by Gasteiger charge is -2.09. The molecule has 0 aliphatic carbocycles. The quantitative estimate of drug-likeness (QED) is 0.564. The zero-order valence-electron chi connectivity index (χ0n) is 6.91. The molecule has 4 nitrogen and oxygen atoms in total. The largest absolute Gasteiger partial charge is 0.376 e. The van der Waals surface area contributed by atoms with E-state index in [0.717, 1.165) is 24.0 Å². The highest BCUT2D eigenvalue weighted by molar-refractivity contribution is 5.75. The first-order valence-corrected chi connectivity index (χ1v) is 3.90. The van der Waals surface area contributed by atoms with E-state index in [1.165, 1.54) is 0 Å². The van der Waals surface area contributed by atoms with Gasteiger partial charge >= 0.3 is 0 Å². The molecule has 0 saturated carbocycles. The summed E-state index contributed by atoms with van der Waals surface area (Å²) in [7, 11) is 1.78. The Morgan fingerprint density at radius 2 is 2.50 bits per heavy atom. The highest BCUT2D eigenvalue weighted by Crippen LogP contribution is 2.17. The van der Waals surface area contributed by atoms with Gasteiger partial charge in [-0.15, -0.1) is 0 Å². The molecular weight excluding hydrogens is 156 g/mol. The lowest BCUT2D eigenvalue weighted by molar-refractivity contribution is 0.105. The van der Waals surface area contributed by atoms with Crippen LogP contribution in [0, 0.1) is 0 Å². The predicted octanol–water partition coefficient (Wildman–Crippen LogP) is 0.305. The van der Waals surface area contributed by atoms with Crippen molar-refractivity contribution < 1.29 is 9.53 Å². The molecule has 0 saturated heterocycles. The van der Waals surface area contributed by atoms with Crippen molar-refractivity contribution >= 4 is 6.29 Å². The molecule has 4 heteroatoms. The summed E-state index contributed by atoms with van der Waals surface area (Å²) >= 11 is 0. The van der Waals surface area contributed by atoms with Gasteiger partial charge in [0.1, 0.15) is 5.69 Å². The van der Waals surface area contributed by atoms with Crippen molar-refractivity contribution in [2.24, 2.45) is 7.05 Å². The Morgan fingerprint density at radius 1 is 1.67 bits per heavy atom. The molecule has 64 valence electrons. The molecule has 0 bridgehead atoms. The van der Waals surface area contributed by atoms with Crippen molar-refractivity contribution in [1.82, 2.24) is 9.78 Å². The number of aryl methyl sites for hydroxylation is 1. The maximum atomic E-state index is 10.6. The maximum absolute atomic E-state index is 10.6. The second-order valence-electron chi connectivity index (χ2n) is 2.85. The lowest BCUT2D eigenvalue weighted by Crippen LogP contribution is -2.09. The van der Waals surface area contributed by atoms with Crippen molar-refractivity contribution in [2.45, 2.75) is 13.0 Å². The fourth-order valence-corrected chi connectivity index (χ4v) is 1.49. The number of aromatic nitrogens is 2. The first kappa shape index (κ1) is 7.49. The minimum atomic E-state index is 0.525. The van der Waals surface area contributed by atoms with E-state index in [1.807, 2.05) is 0 Å². The fourth-order valence-electron chi connectivity index (χ4n) is 1.49. The van der Waals surface area contributed by atoms with Crippen molar-refractivity contribution in [1.29, 1.82) is 0 Å². The van der Waals surface area contributed by atoms with Crippen LogP contribution in [0.4, 0.5) is 0 Å². The third-order valence-electron chi connectivity index (χ3n) is 2.12. The van der Waals surface area contributed by atoms with Gasteiger partial charge in [0.2, 0.25) is 0 Å². The summed E-state index contributed by atoms with van der Waals surface area (Å²) in [5, 5.41) is 4.23. The highest BCUT2D eigenvalue weighted by Gasteiger charge is 2.18. The Bertz CT molecular complexity index is 317.